The third-order valence-electron chi connectivity index (χ3n) is 4.24. The van der Waals surface area contributed by atoms with Crippen LogP contribution in [0.25, 0.3) is 11.0 Å². The van der Waals surface area contributed by atoms with E-state index >= 15 is 0 Å². The molecule has 2 atom stereocenters. The fourth-order valence-electron chi connectivity index (χ4n) is 3.04. The van der Waals surface area contributed by atoms with Gasteiger partial charge in [-0.15, -0.1) is 0 Å². The van der Waals surface area contributed by atoms with Gasteiger partial charge in [-0.2, -0.15) is 5.10 Å². The second-order valence-electron chi connectivity index (χ2n) is 5.82. The lowest BCUT2D eigenvalue weighted by Gasteiger charge is -2.12. The summed E-state index contributed by atoms with van der Waals surface area (Å²) in [5, 5.41) is 17.0. The number of carboxylic acids is 1. The molecule has 2 N–H and O–H groups in total. The molecule has 7 nitrogen and oxygen atoms in total. The second kappa shape index (κ2) is 5.40. The van der Waals surface area contributed by atoms with Gasteiger partial charge in [0.2, 0.25) is 0 Å². The van der Waals surface area contributed by atoms with E-state index in [2.05, 4.69) is 15.4 Å². The standard InChI is InChI=1S/C15H18N4O3/c1-8-12-6-10(7-16-13(12)19(2)18-8)14(20)17-11-4-3-9(5-11)15(21)22/h6-7,9,11H,3-5H2,1-2H3,(H,17,20)(H,21,22)/t9-,11+/m0/s1. The third-order valence-corrected chi connectivity index (χ3v) is 4.24. The largest absolute Gasteiger partial charge is 0.481 e. The maximum absolute atomic E-state index is 12.3. The molecule has 1 saturated carbocycles. The molecule has 0 spiro atoms. The first-order valence-electron chi connectivity index (χ1n) is 7.28. The molecule has 1 aliphatic carbocycles. The number of fused-ring (bicyclic) bond motifs is 1. The highest BCUT2D eigenvalue weighted by molar-refractivity contribution is 5.97. The minimum atomic E-state index is -0.786. The van der Waals surface area contributed by atoms with Gasteiger partial charge in [-0.05, 0) is 32.3 Å². The maximum atomic E-state index is 12.3. The molecule has 1 aliphatic rings. The van der Waals surface area contributed by atoms with Gasteiger partial charge >= 0.3 is 5.97 Å². The lowest BCUT2D eigenvalue weighted by molar-refractivity contribution is -0.141. The molecule has 0 saturated heterocycles. The first kappa shape index (κ1) is 14.5. The van der Waals surface area contributed by atoms with Crippen LogP contribution in [-0.4, -0.2) is 37.8 Å². The first-order chi connectivity index (χ1) is 10.5. The summed E-state index contributed by atoms with van der Waals surface area (Å²) in [6.07, 6.45) is 3.33. The topological polar surface area (TPSA) is 97.1 Å². The van der Waals surface area contributed by atoms with Crippen molar-refractivity contribution < 1.29 is 14.7 Å². The van der Waals surface area contributed by atoms with Crippen LogP contribution in [0.4, 0.5) is 0 Å². The average Bonchev–Trinajstić information content (AvgIpc) is 3.05. The van der Waals surface area contributed by atoms with E-state index < -0.39 is 5.97 Å². The van der Waals surface area contributed by atoms with Crippen LogP contribution in [0.3, 0.4) is 0 Å². The zero-order chi connectivity index (χ0) is 15.9. The molecule has 116 valence electrons. The number of pyridine rings is 1. The monoisotopic (exact) mass is 302 g/mol. The van der Waals surface area contributed by atoms with Crippen molar-refractivity contribution in [3.8, 4) is 0 Å². The van der Waals surface area contributed by atoms with Gasteiger partial charge in [-0.3, -0.25) is 14.3 Å². The summed E-state index contributed by atoms with van der Waals surface area (Å²) >= 11 is 0. The smallest absolute Gasteiger partial charge is 0.306 e. The number of aliphatic carboxylic acids is 1. The highest BCUT2D eigenvalue weighted by Gasteiger charge is 2.30. The summed E-state index contributed by atoms with van der Waals surface area (Å²) in [5.41, 5.74) is 2.04. The number of aromatic nitrogens is 3. The lowest BCUT2D eigenvalue weighted by atomic mass is 10.1. The van der Waals surface area contributed by atoms with E-state index in [0.717, 1.165) is 16.7 Å². The molecular weight excluding hydrogens is 284 g/mol. The molecule has 0 bridgehead atoms. The van der Waals surface area contributed by atoms with Crippen molar-refractivity contribution >= 4 is 22.9 Å². The number of nitrogens with one attached hydrogen (secondary N) is 1. The zero-order valence-electron chi connectivity index (χ0n) is 12.5. The molecule has 3 rings (SSSR count). The number of carbonyl (C=O) groups excluding carboxylic acids is 1. The van der Waals surface area contributed by atoms with Gasteiger partial charge in [0.1, 0.15) is 0 Å². The molecule has 2 aromatic rings. The van der Waals surface area contributed by atoms with E-state index in [1.54, 1.807) is 10.7 Å². The Labute approximate surface area is 127 Å². The van der Waals surface area contributed by atoms with Crippen LogP contribution >= 0.6 is 0 Å². The summed E-state index contributed by atoms with van der Waals surface area (Å²) in [7, 11) is 1.81. The second-order valence-corrected chi connectivity index (χ2v) is 5.82. The Morgan fingerprint density at radius 3 is 2.86 bits per heavy atom. The predicted octanol–water partition coefficient (Wildman–Crippen LogP) is 1.26. The van der Waals surface area contributed by atoms with Crippen LogP contribution < -0.4 is 5.32 Å². The van der Waals surface area contributed by atoms with Gasteiger partial charge in [0.25, 0.3) is 5.91 Å². The highest BCUT2D eigenvalue weighted by atomic mass is 16.4. The maximum Gasteiger partial charge on any atom is 0.306 e. The van der Waals surface area contributed by atoms with Gasteiger partial charge in [-0.1, -0.05) is 0 Å². The Bertz CT molecular complexity index is 753. The molecule has 1 amide bonds. The average molecular weight is 302 g/mol. The van der Waals surface area contributed by atoms with Crippen molar-refractivity contribution in [2.24, 2.45) is 13.0 Å². The zero-order valence-corrected chi connectivity index (χ0v) is 12.5. The molecule has 22 heavy (non-hydrogen) atoms. The lowest BCUT2D eigenvalue weighted by Crippen LogP contribution is -2.33. The first-order valence-corrected chi connectivity index (χ1v) is 7.28. The third kappa shape index (κ3) is 2.54. The molecule has 2 heterocycles. The Kier molecular flexibility index (Phi) is 3.56. The number of nitrogens with zero attached hydrogens (tertiary/aromatic N) is 3. The summed E-state index contributed by atoms with van der Waals surface area (Å²) in [6.45, 7) is 1.88. The Morgan fingerprint density at radius 1 is 1.41 bits per heavy atom. The fourth-order valence-corrected chi connectivity index (χ4v) is 3.04. The van der Waals surface area contributed by atoms with Crippen molar-refractivity contribution in [3.63, 3.8) is 0 Å². The minimum Gasteiger partial charge on any atom is -0.481 e. The van der Waals surface area contributed by atoms with E-state index in [0.29, 0.717) is 24.8 Å². The molecule has 2 aromatic heterocycles. The number of amides is 1. The number of aryl methyl sites for hydroxylation is 2. The fraction of sp³-hybridized carbons (Fsp3) is 0.467. The Hall–Kier alpha value is -2.44. The number of carbonyl (C=O) groups is 2. The SMILES string of the molecule is Cc1nn(C)c2ncc(C(=O)N[C@@H]3CC[C@H](C(=O)O)C3)cc12. The van der Waals surface area contributed by atoms with E-state index in [1.165, 1.54) is 6.20 Å². The summed E-state index contributed by atoms with van der Waals surface area (Å²) in [6, 6.07) is 1.70. The van der Waals surface area contributed by atoms with Crippen LogP contribution in [-0.2, 0) is 11.8 Å². The van der Waals surface area contributed by atoms with E-state index in [-0.39, 0.29) is 17.9 Å². The van der Waals surface area contributed by atoms with Gasteiger partial charge in [-0.25, -0.2) is 4.98 Å². The highest BCUT2D eigenvalue weighted by Crippen LogP contribution is 2.26. The Balaban J connectivity index is 1.75. The van der Waals surface area contributed by atoms with Gasteiger partial charge < -0.3 is 10.4 Å². The Morgan fingerprint density at radius 2 is 2.18 bits per heavy atom. The summed E-state index contributed by atoms with van der Waals surface area (Å²) < 4.78 is 1.68. The molecular formula is C15H18N4O3. The van der Waals surface area contributed by atoms with Crippen molar-refractivity contribution in [3.05, 3.63) is 23.5 Å². The minimum absolute atomic E-state index is 0.0840. The van der Waals surface area contributed by atoms with E-state index in [1.807, 2.05) is 14.0 Å². The predicted molar refractivity (Wildman–Crippen MR) is 79.5 cm³/mol. The van der Waals surface area contributed by atoms with Gasteiger partial charge in [0, 0.05) is 24.7 Å². The number of hydrogen-bond donors (Lipinski definition) is 2. The van der Waals surface area contributed by atoms with Crippen LogP contribution in [0, 0.1) is 12.8 Å². The molecule has 0 aliphatic heterocycles. The normalized spacial score (nSPS) is 21.2. The van der Waals surface area contributed by atoms with Crippen LogP contribution in [0.1, 0.15) is 35.3 Å². The van der Waals surface area contributed by atoms with Crippen molar-refractivity contribution in [1.82, 2.24) is 20.1 Å². The molecule has 0 aromatic carbocycles. The molecule has 1 fully saturated rings. The van der Waals surface area contributed by atoms with Crippen LogP contribution in [0.2, 0.25) is 0 Å². The molecule has 0 unspecified atom stereocenters. The van der Waals surface area contributed by atoms with E-state index in [9.17, 15) is 9.59 Å². The molecule has 0 radical (unpaired) electrons. The van der Waals surface area contributed by atoms with Crippen LogP contribution in [0.5, 0.6) is 0 Å². The van der Waals surface area contributed by atoms with Crippen LogP contribution in [0.15, 0.2) is 12.3 Å². The van der Waals surface area contributed by atoms with E-state index in [4.69, 9.17) is 5.11 Å². The van der Waals surface area contributed by atoms with Crippen molar-refractivity contribution in [2.45, 2.75) is 32.2 Å². The summed E-state index contributed by atoms with van der Waals surface area (Å²) in [5.74, 6) is -1.36. The van der Waals surface area contributed by atoms with Gasteiger partial charge in [0.05, 0.1) is 17.2 Å². The number of carboxylic acid groups (broad SMARTS) is 1. The summed E-state index contributed by atoms with van der Waals surface area (Å²) in [4.78, 5) is 27.6. The van der Waals surface area contributed by atoms with Crippen molar-refractivity contribution in [2.75, 3.05) is 0 Å². The van der Waals surface area contributed by atoms with Crippen molar-refractivity contribution in [1.29, 1.82) is 0 Å². The quantitative estimate of drug-likeness (QED) is 0.889. The number of rotatable bonds is 3. The molecule has 7 heteroatoms. The number of hydrogen-bond acceptors (Lipinski definition) is 4. The van der Waals surface area contributed by atoms with Gasteiger partial charge in [0.15, 0.2) is 5.65 Å².